The van der Waals surface area contributed by atoms with Crippen LogP contribution in [0.15, 0.2) is 34.5 Å². The van der Waals surface area contributed by atoms with Gasteiger partial charge in [-0.3, -0.25) is 0 Å². The fourth-order valence-electron chi connectivity index (χ4n) is 3.25. The summed E-state index contributed by atoms with van der Waals surface area (Å²) in [6, 6.07) is 6.77. The molecule has 0 fully saturated rings. The van der Waals surface area contributed by atoms with Crippen LogP contribution in [0.4, 0.5) is 0 Å². The van der Waals surface area contributed by atoms with Gasteiger partial charge in [0.05, 0.1) is 18.1 Å². The fraction of sp³-hybridized carbons (Fsp3) is 0.412. The standard InChI is InChI=1S/C17H19NO4S2/c1-12-14-6-10-23-17(14)5-7-18(12)24(19,20)13-3-4-15-16(11-13)22-9-2-8-21-15/h3-4,6,10-12H,2,5,7-9H2,1H3/t12-/m1/s1. The lowest BCUT2D eigenvalue weighted by molar-refractivity contribution is 0.296. The maximum Gasteiger partial charge on any atom is 0.243 e. The highest BCUT2D eigenvalue weighted by Crippen LogP contribution is 2.38. The summed E-state index contributed by atoms with van der Waals surface area (Å²) < 4.78 is 39.1. The van der Waals surface area contributed by atoms with E-state index in [0.29, 0.717) is 31.3 Å². The lowest BCUT2D eigenvalue weighted by Gasteiger charge is -2.32. The van der Waals surface area contributed by atoms with Gasteiger partial charge in [-0.05, 0) is 42.5 Å². The van der Waals surface area contributed by atoms with Gasteiger partial charge in [0.2, 0.25) is 10.0 Å². The van der Waals surface area contributed by atoms with Crippen molar-refractivity contribution in [1.29, 1.82) is 0 Å². The molecule has 4 rings (SSSR count). The van der Waals surface area contributed by atoms with E-state index in [4.69, 9.17) is 9.47 Å². The van der Waals surface area contributed by atoms with E-state index < -0.39 is 10.0 Å². The zero-order chi connectivity index (χ0) is 16.7. The molecule has 0 unspecified atom stereocenters. The van der Waals surface area contributed by atoms with Crippen molar-refractivity contribution in [3.63, 3.8) is 0 Å². The molecule has 0 radical (unpaired) electrons. The molecule has 3 heterocycles. The van der Waals surface area contributed by atoms with Gasteiger partial charge in [-0.15, -0.1) is 11.3 Å². The Bertz CT molecular complexity index is 859. The van der Waals surface area contributed by atoms with Gasteiger partial charge < -0.3 is 9.47 Å². The molecule has 7 heteroatoms. The van der Waals surface area contributed by atoms with Crippen molar-refractivity contribution in [2.45, 2.75) is 30.7 Å². The molecule has 0 bridgehead atoms. The summed E-state index contributed by atoms with van der Waals surface area (Å²) in [5.41, 5.74) is 1.11. The Kier molecular flexibility index (Phi) is 4.02. The average molecular weight is 365 g/mol. The van der Waals surface area contributed by atoms with Crippen LogP contribution in [0.25, 0.3) is 0 Å². The number of ether oxygens (including phenoxy) is 2. The quantitative estimate of drug-likeness (QED) is 0.820. The van der Waals surface area contributed by atoms with Crippen LogP contribution >= 0.6 is 11.3 Å². The van der Waals surface area contributed by atoms with E-state index in [1.807, 2.05) is 18.4 Å². The molecule has 1 atom stereocenters. The number of benzene rings is 1. The lowest BCUT2D eigenvalue weighted by Crippen LogP contribution is -2.38. The van der Waals surface area contributed by atoms with E-state index in [-0.39, 0.29) is 10.9 Å². The molecule has 0 amide bonds. The molecular formula is C17H19NO4S2. The second-order valence-electron chi connectivity index (χ2n) is 6.00. The number of hydrogen-bond acceptors (Lipinski definition) is 5. The van der Waals surface area contributed by atoms with E-state index in [1.54, 1.807) is 33.8 Å². The molecule has 2 aliphatic rings. The number of thiophene rings is 1. The highest BCUT2D eigenvalue weighted by Gasteiger charge is 2.35. The van der Waals surface area contributed by atoms with Gasteiger partial charge in [0.25, 0.3) is 0 Å². The molecule has 0 saturated heterocycles. The van der Waals surface area contributed by atoms with Crippen LogP contribution in [-0.2, 0) is 16.4 Å². The van der Waals surface area contributed by atoms with Crippen molar-refractivity contribution >= 4 is 21.4 Å². The van der Waals surface area contributed by atoms with Crippen LogP contribution in [-0.4, -0.2) is 32.5 Å². The first-order valence-electron chi connectivity index (χ1n) is 8.05. The van der Waals surface area contributed by atoms with Crippen molar-refractivity contribution in [3.05, 3.63) is 40.1 Å². The molecule has 2 aromatic rings. The third-order valence-electron chi connectivity index (χ3n) is 4.55. The summed E-state index contributed by atoms with van der Waals surface area (Å²) in [5.74, 6) is 1.12. The van der Waals surface area contributed by atoms with Crippen LogP contribution in [0, 0.1) is 0 Å². The first kappa shape index (κ1) is 15.9. The van der Waals surface area contributed by atoms with Crippen molar-refractivity contribution in [1.82, 2.24) is 4.31 Å². The maximum absolute atomic E-state index is 13.1. The molecule has 24 heavy (non-hydrogen) atoms. The Hall–Kier alpha value is -1.57. The first-order valence-corrected chi connectivity index (χ1v) is 10.4. The number of rotatable bonds is 2. The molecule has 1 aromatic heterocycles. The molecule has 128 valence electrons. The largest absolute Gasteiger partial charge is 0.490 e. The van der Waals surface area contributed by atoms with E-state index in [9.17, 15) is 8.42 Å². The van der Waals surface area contributed by atoms with Gasteiger partial charge in [0, 0.05) is 30.0 Å². The zero-order valence-electron chi connectivity index (χ0n) is 13.4. The smallest absolute Gasteiger partial charge is 0.243 e. The second-order valence-corrected chi connectivity index (χ2v) is 8.89. The molecule has 2 aliphatic heterocycles. The minimum Gasteiger partial charge on any atom is -0.490 e. The monoisotopic (exact) mass is 365 g/mol. The highest BCUT2D eigenvalue weighted by atomic mass is 32.2. The molecule has 1 aromatic carbocycles. The normalized spacial score (nSPS) is 21.1. The zero-order valence-corrected chi connectivity index (χ0v) is 15.0. The lowest BCUT2D eigenvalue weighted by atomic mass is 10.0. The summed E-state index contributed by atoms with van der Waals surface area (Å²) in [7, 11) is -3.57. The third-order valence-corrected chi connectivity index (χ3v) is 7.51. The van der Waals surface area contributed by atoms with Crippen molar-refractivity contribution < 1.29 is 17.9 Å². The molecule has 0 spiro atoms. The van der Waals surface area contributed by atoms with Gasteiger partial charge >= 0.3 is 0 Å². The fourth-order valence-corrected chi connectivity index (χ4v) is 5.85. The SMILES string of the molecule is C[C@@H]1c2ccsc2CCN1S(=O)(=O)c1ccc2c(c1)OCCCO2. The Morgan fingerprint density at radius 3 is 2.79 bits per heavy atom. The van der Waals surface area contributed by atoms with Crippen LogP contribution < -0.4 is 9.47 Å². The molecular weight excluding hydrogens is 346 g/mol. The van der Waals surface area contributed by atoms with E-state index in [2.05, 4.69) is 0 Å². The van der Waals surface area contributed by atoms with Crippen LogP contribution in [0.5, 0.6) is 11.5 Å². The van der Waals surface area contributed by atoms with Crippen molar-refractivity contribution in [3.8, 4) is 11.5 Å². The Balaban J connectivity index is 1.70. The molecule has 0 saturated carbocycles. The van der Waals surface area contributed by atoms with Gasteiger partial charge in [0.1, 0.15) is 0 Å². The van der Waals surface area contributed by atoms with E-state index in [0.717, 1.165) is 18.4 Å². The minimum absolute atomic E-state index is 0.152. The summed E-state index contributed by atoms with van der Waals surface area (Å²) in [5, 5.41) is 2.03. The summed E-state index contributed by atoms with van der Waals surface area (Å²) in [6.45, 7) is 3.58. The third kappa shape index (κ3) is 2.60. The Labute approximate surface area is 145 Å². The van der Waals surface area contributed by atoms with Crippen LogP contribution in [0.3, 0.4) is 0 Å². The summed E-state index contributed by atoms with van der Waals surface area (Å²) >= 11 is 1.70. The molecule has 0 aliphatic carbocycles. The first-order chi connectivity index (χ1) is 11.6. The van der Waals surface area contributed by atoms with Crippen LogP contribution in [0.2, 0.25) is 0 Å². The molecule has 0 N–H and O–H groups in total. The molecule has 5 nitrogen and oxygen atoms in total. The van der Waals surface area contributed by atoms with Crippen molar-refractivity contribution in [2.24, 2.45) is 0 Å². The summed E-state index contributed by atoms with van der Waals surface area (Å²) in [6.07, 6.45) is 1.56. The predicted octanol–water partition coefficient (Wildman–Crippen LogP) is 3.22. The Morgan fingerprint density at radius 1 is 1.17 bits per heavy atom. The maximum atomic E-state index is 13.1. The van der Waals surface area contributed by atoms with E-state index in [1.165, 1.54) is 4.88 Å². The van der Waals surface area contributed by atoms with E-state index >= 15 is 0 Å². The Morgan fingerprint density at radius 2 is 1.96 bits per heavy atom. The number of hydrogen-bond donors (Lipinski definition) is 0. The second kappa shape index (κ2) is 6.06. The van der Waals surface area contributed by atoms with Crippen molar-refractivity contribution in [2.75, 3.05) is 19.8 Å². The summed E-state index contributed by atoms with van der Waals surface area (Å²) in [4.78, 5) is 1.55. The topological polar surface area (TPSA) is 55.8 Å². The van der Waals surface area contributed by atoms with Crippen LogP contribution in [0.1, 0.15) is 29.8 Å². The highest BCUT2D eigenvalue weighted by molar-refractivity contribution is 7.89. The van der Waals surface area contributed by atoms with Gasteiger partial charge in [-0.25, -0.2) is 8.42 Å². The van der Waals surface area contributed by atoms with Gasteiger partial charge in [-0.2, -0.15) is 4.31 Å². The minimum atomic E-state index is -3.57. The van der Waals surface area contributed by atoms with Gasteiger partial charge in [0.15, 0.2) is 11.5 Å². The number of sulfonamides is 1. The van der Waals surface area contributed by atoms with Gasteiger partial charge in [-0.1, -0.05) is 0 Å². The number of nitrogens with zero attached hydrogens (tertiary/aromatic N) is 1. The predicted molar refractivity (Wildman–Crippen MR) is 92.4 cm³/mol. The average Bonchev–Trinajstić information content (AvgIpc) is 2.93. The number of fused-ring (bicyclic) bond motifs is 2.